The molecule has 0 unspecified atom stereocenters. The van der Waals surface area contributed by atoms with Gasteiger partial charge in [-0.15, -0.1) is 0 Å². The summed E-state index contributed by atoms with van der Waals surface area (Å²) in [6.45, 7) is 2.32. The van der Waals surface area contributed by atoms with Gasteiger partial charge in [0.15, 0.2) is 0 Å². The maximum Gasteiger partial charge on any atom is 0.276 e. The van der Waals surface area contributed by atoms with Crippen LogP contribution in [0.4, 0.5) is 5.69 Å². The van der Waals surface area contributed by atoms with Crippen molar-refractivity contribution in [2.75, 3.05) is 12.4 Å². The molecule has 18 heavy (non-hydrogen) atoms. The summed E-state index contributed by atoms with van der Waals surface area (Å²) in [5.41, 5.74) is 0.873. The van der Waals surface area contributed by atoms with Crippen molar-refractivity contribution in [1.82, 2.24) is 0 Å². The van der Waals surface area contributed by atoms with Gasteiger partial charge in [0, 0.05) is 11.5 Å². The van der Waals surface area contributed by atoms with Crippen molar-refractivity contribution in [1.29, 1.82) is 0 Å². The highest BCUT2D eigenvalue weighted by Crippen LogP contribution is 2.42. The summed E-state index contributed by atoms with van der Waals surface area (Å²) in [4.78, 5) is 10.5. The third-order valence-electron chi connectivity index (χ3n) is 3.74. The van der Waals surface area contributed by atoms with E-state index in [1.54, 1.807) is 19.1 Å². The zero-order chi connectivity index (χ0) is 13.2. The van der Waals surface area contributed by atoms with E-state index in [0.29, 0.717) is 17.9 Å². The fourth-order valence-electron chi connectivity index (χ4n) is 2.21. The van der Waals surface area contributed by atoms with Crippen LogP contribution in [0.25, 0.3) is 0 Å². The van der Waals surface area contributed by atoms with Gasteiger partial charge >= 0.3 is 0 Å². The molecular formula is C13H17NO3S. The van der Waals surface area contributed by atoms with E-state index in [2.05, 4.69) is 12.6 Å². The van der Waals surface area contributed by atoms with Crippen molar-refractivity contribution in [2.45, 2.75) is 26.2 Å². The van der Waals surface area contributed by atoms with Gasteiger partial charge < -0.3 is 4.74 Å². The Labute approximate surface area is 112 Å². The Morgan fingerprint density at radius 3 is 2.72 bits per heavy atom. The van der Waals surface area contributed by atoms with Crippen LogP contribution in [0, 0.1) is 22.5 Å². The highest BCUT2D eigenvalue weighted by Gasteiger charge is 2.36. The minimum Gasteiger partial charge on any atom is -0.492 e. The Kier molecular flexibility index (Phi) is 3.80. The Morgan fingerprint density at radius 1 is 1.50 bits per heavy atom. The molecule has 1 aromatic rings. The molecule has 0 saturated heterocycles. The van der Waals surface area contributed by atoms with Gasteiger partial charge in [0.05, 0.1) is 17.1 Å². The number of rotatable bonds is 5. The van der Waals surface area contributed by atoms with Gasteiger partial charge in [-0.25, -0.2) is 0 Å². The molecule has 1 fully saturated rings. The van der Waals surface area contributed by atoms with Crippen LogP contribution in [0.2, 0.25) is 0 Å². The molecule has 2 rings (SSSR count). The molecule has 1 aliphatic rings. The number of nitro benzene ring substituents is 1. The molecule has 98 valence electrons. The Bertz CT molecular complexity index is 452. The smallest absolute Gasteiger partial charge is 0.276 e. The normalized spacial score (nSPS) is 17.0. The first-order valence-electron chi connectivity index (χ1n) is 6.06. The van der Waals surface area contributed by atoms with Crippen molar-refractivity contribution in [2.24, 2.45) is 5.41 Å². The molecule has 0 bridgehead atoms. The van der Waals surface area contributed by atoms with Crippen molar-refractivity contribution >= 4 is 18.3 Å². The molecule has 5 heteroatoms. The molecular weight excluding hydrogens is 250 g/mol. The Balaban J connectivity index is 2.10. The van der Waals surface area contributed by atoms with Gasteiger partial charge in [0.2, 0.25) is 0 Å². The molecule has 1 aliphatic carbocycles. The average molecular weight is 267 g/mol. The van der Waals surface area contributed by atoms with Crippen LogP contribution in [0.3, 0.4) is 0 Å². The molecule has 0 radical (unpaired) electrons. The van der Waals surface area contributed by atoms with E-state index in [4.69, 9.17) is 4.74 Å². The van der Waals surface area contributed by atoms with Crippen LogP contribution in [-0.4, -0.2) is 17.3 Å². The first kappa shape index (κ1) is 13.2. The van der Waals surface area contributed by atoms with Crippen LogP contribution >= 0.6 is 12.6 Å². The number of nitrogens with zero attached hydrogens (tertiary/aromatic N) is 1. The molecule has 1 saturated carbocycles. The van der Waals surface area contributed by atoms with Crippen molar-refractivity contribution in [3.05, 3.63) is 33.9 Å². The van der Waals surface area contributed by atoms with Gasteiger partial charge in [-0.2, -0.15) is 12.6 Å². The summed E-state index contributed by atoms with van der Waals surface area (Å²) in [6, 6.07) is 4.95. The van der Waals surface area contributed by atoms with Gasteiger partial charge in [-0.3, -0.25) is 10.1 Å². The first-order chi connectivity index (χ1) is 8.58. The summed E-state index contributed by atoms with van der Waals surface area (Å²) in [5.74, 6) is 1.42. The van der Waals surface area contributed by atoms with E-state index >= 15 is 0 Å². The van der Waals surface area contributed by atoms with Crippen molar-refractivity contribution in [3.63, 3.8) is 0 Å². The Morgan fingerprint density at radius 2 is 2.22 bits per heavy atom. The summed E-state index contributed by atoms with van der Waals surface area (Å²) in [7, 11) is 0. The topological polar surface area (TPSA) is 52.4 Å². The van der Waals surface area contributed by atoms with Crippen molar-refractivity contribution in [3.8, 4) is 5.75 Å². The van der Waals surface area contributed by atoms with Crippen LogP contribution in [-0.2, 0) is 0 Å². The zero-order valence-corrected chi connectivity index (χ0v) is 11.3. The fraction of sp³-hybridized carbons (Fsp3) is 0.538. The monoisotopic (exact) mass is 267 g/mol. The molecule has 1 aromatic carbocycles. The van der Waals surface area contributed by atoms with Gasteiger partial charge in [0.1, 0.15) is 5.75 Å². The van der Waals surface area contributed by atoms with E-state index in [0.717, 1.165) is 18.6 Å². The minimum atomic E-state index is -0.375. The molecule has 0 spiro atoms. The van der Waals surface area contributed by atoms with Gasteiger partial charge in [-0.1, -0.05) is 12.5 Å². The maximum absolute atomic E-state index is 10.8. The lowest BCUT2D eigenvalue weighted by Crippen LogP contribution is -2.37. The summed E-state index contributed by atoms with van der Waals surface area (Å²) < 4.78 is 5.77. The number of benzene rings is 1. The largest absolute Gasteiger partial charge is 0.492 e. The quantitative estimate of drug-likeness (QED) is 0.505. The number of nitro groups is 1. The molecule has 0 heterocycles. The summed E-state index contributed by atoms with van der Waals surface area (Å²) in [5, 5.41) is 10.8. The first-order valence-corrected chi connectivity index (χ1v) is 6.69. The summed E-state index contributed by atoms with van der Waals surface area (Å²) >= 11 is 4.37. The number of ether oxygens (including phenoxy) is 1. The molecule has 0 amide bonds. The summed E-state index contributed by atoms with van der Waals surface area (Å²) in [6.07, 6.45) is 3.48. The second-order valence-electron chi connectivity index (χ2n) is 4.96. The molecule has 0 aliphatic heterocycles. The predicted molar refractivity (Wildman–Crippen MR) is 73.5 cm³/mol. The van der Waals surface area contributed by atoms with E-state index in [1.165, 1.54) is 12.5 Å². The van der Waals surface area contributed by atoms with Crippen LogP contribution in [0.5, 0.6) is 5.75 Å². The lowest BCUT2D eigenvalue weighted by molar-refractivity contribution is -0.385. The number of hydrogen-bond acceptors (Lipinski definition) is 4. The van der Waals surface area contributed by atoms with Crippen LogP contribution in [0.1, 0.15) is 24.8 Å². The van der Waals surface area contributed by atoms with Gasteiger partial charge in [0.25, 0.3) is 5.69 Å². The zero-order valence-electron chi connectivity index (χ0n) is 10.4. The maximum atomic E-state index is 10.8. The average Bonchev–Trinajstić information content (AvgIpc) is 2.29. The van der Waals surface area contributed by atoms with E-state index < -0.39 is 0 Å². The third-order valence-corrected chi connectivity index (χ3v) is 4.41. The SMILES string of the molecule is Cc1c(OCC2(CS)CCC2)cccc1[N+](=O)[O-]. The van der Waals surface area contributed by atoms with E-state index in [-0.39, 0.29) is 16.0 Å². The molecule has 0 N–H and O–H groups in total. The van der Waals surface area contributed by atoms with E-state index in [9.17, 15) is 10.1 Å². The van der Waals surface area contributed by atoms with Crippen LogP contribution < -0.4 is 4.74 Å². The highest BCUT2D eigenvalue weighted by molar-refractivity contribution is 7.80. The highest BCUT2D eigenvalue weighted by atomic mass is 32.1. The minimum absolute atomic E-state index is 0.112. The third kappa shape index (κ3) is 2.46. The fourth-order valence-corrected chi connectivity index (χ4v) is 2.62. The molecule has 0 atom stereocenters. The number of thiol groups is 1. The Hall–Kier alpha value is -1.23. The predicted octanol–water partition coefficient (Wildman–Crippen LogP) is 3.38. The molecule has 0 aromatic heterocycles. The van der Waals surface area contributed by atoms with Gasteiger partial charge in [-0.05, 0) is 31.6 Å². The number of hydrogen-bond donors (Lipinski definition) is 1. The second-order valence-corrected chi connectivity index (χ2v) is 5.27. The lowest BCUT2D eigenvalue weighted by atomic mass is 9.71. The lowest BCUT2D eigenvalue weighted by Gasteiger charge is -2.40. The second kappa shape index (κ2) is 5.18. The van der Waals surface area contributed by atoms with Crippen molar-refractivity contribution < 1.29 is 9.66 Å². The van der Waals surface area contributed by atoms with E-state index in [1.807, 2.05) is 0 Å². The molecule has 4 nitrogen and oxygen atoms in total. The van der Waals surface area contributed by atoms with Crippen LogP contribution in [0.15, 0.2) is 18.2 Å². The standard InChI is InChI=1S/C13H17NO3S/c1-10-11(14(15)16)4-2-5-12(10)17-8-13(9-18)6-3-7-13/h2,4-5,18H,3,6-9H2,1H3.